The van der Waals surface area contributed by atoms with Gasteiger partial charge in [0, 0.05) is 0 Å². The van der Waals surface area contributed by atoms with Gasteiger partial charge in [0.15, 0.2) is 0 Å². The van der Waals surface area contributed by atoms with Crippen molar-refractivity contribution in [2.24, 2.45) is 0 Å². The number of rotatable bonds is 4. The molecule has 2 nitrogen and oxygen atoms in total. The number of benzene rings is 1. The van der Waals surface area contributed by atoms with Crippen LogP contribution in [-0.2, 0) is 0 Å². The Labute approximate surface area is 122 Å². The Morgan fingerprint density at radius 1 is 0.950 bits per heavy atom. The van der Waals surface area contributed by atoms with Crippen molar-refractivity contribution in [3.63, 3.8) is 0 Å². The number of hydrogen-bond acceptors (Lipinski definition) is 2. The highest BCUT2D eigenvalue weighted by Crippen LogP contribution is 2.33. The SMILES string of the molecule is CCNC(c1ccco1)c1c(C)c(C)c(C)c(C)c1C. The summed E-state index contributed by atoms with van der Waals surface area (Å²) in [7, 11) is 0. The lowest BCUT2D eigenvalue weighted by atomic mass is 9.85. The predicted molar refractivity (Wildman–Crippen MR) is 84.4 cm³/mol. The van der Waals surface area contributed by atoms with Crippen LogP contribution in [0.15, 0.2) is 22.8 Å². The van der Waals surface area contributed by atoms with Gasteiger partial charge in [-0.1, -0.05) is 6.92 Å². The Balaban J connectivity index is 2.66. The predicted octanol–water partition coefficient (Wildman–Crippen LogP) is 4.52. The van der Waals surface area contributed by atoms with Gasteiger partial charge in [0.05, 0.1) is 12.3 Å². The van der Waals surface area contributed by atoms with Crippen molar-refractivity contribution in [3.05, 3.63) is 57.5 Å². The third-order valence-electron chi connectivity index (χ3n) is 4.58. The average molecular weight is 271 g/mol. The lowest BCUT2D eigenvalue weighted by molar-refractivity contribution is 0.450. The summed E-state index contributed by atoms with van der Waals surface area (Å²) in [5.41, 5.74) is 8.27. The van der Waals surface area contributed by atoms with Gasteiger partial charge in [-0.05, 0) is 86.7 Å². The van der Waals surface area contributed by atoms with Gasteiger partial charge in [-0.3, -0.25) is 0 Å². The Morgan fingerprint density at radius 2 is 1.50 bits per heavy atom. The molecule has 1 aromatic carbocycles. The second-order valence-corrected chi connectivity index (χ2v) is 5.54. The fourth-order valence-corrected chi connectivity index (χ4v) is 2.97. The highest BCUT2D eigenvalue weighted by molar-refractivity contribution is 5.52. The smallest absolute Gasteiger partial charge is 0.125 e. The van der Waals surface area contributed by atoms with Crippen molar-refractivity contribution in [2.45, 2.75) is 47.6 Å². The van der Waals surface area contributed by atoms with Crippen molar-refractivity contribution in [3.8, 4) is 0 Å². The number of furan rings is 1. The van der Waals surface area contributed by atoms with E-state index in [-0.39, 0.29) is 6.04 Å². The Hall–Kier alpha value is -1.54. The second kappa shape index (κ2) is 5.84. The highest BCUT2D eigenvalue weighted by Gasteiger charge is 2.22. The number of nitrogens with one attached hydrogen (secondary N) is 1. The first-order valence-corrected chi connectivity index (χ1v) is 7.32. The van der Waals surface area contributed by atoms with Crippen LogP contribution < -0.4 is 5.32 Å². The van der Waals surface area contributed by atoms with Crippen LogP contribution in [0.5, 0.6) is 0 Å². The molecular formula is C18H25NO. The summed E-state index contributed by atoms with van der Waals surface area (Å²) >= 11 is 0. The first-order valence-electron chi connectivity index (χ1n) is 7.32. The minimum Gasteiger partial charge on any atom is -0.467 e. The summed E-state index contributed by atoms with van der Waals surface area (Å²) in [5.74, 6) is 0.987. The molecule has 0 amide bonds. The van der Waals surface area contributed by atoms with E-state index in [0.29, 0.717) is 0 Å². The summed E-state index contributed by atoms with van der Waals surface area (Å²) in [5, 5.41) is 3.56. The zero-order valence-corrected chi connectivity index (χ0v) is 13.4. The van der Waals surface area contributed by atoms with Crippen LogP contribution in [0, 0.1) is 34.6 Å². The molecule has 0 saturated carbocycles. The molecule has 1 aromatic heterocycles. The van der Waals surface area contributed by atoms with Crippen LogP contribution in [0.2, 0.25) is 0 Å². The van der Waals surface area contributed by atoms with Gasteiger partial charge < -0.3 is 9.73 Å². The van der Waals surface area contributed by atoms with Gasteiger partial charge in [-0.2, -0.15) is 0 Å². The van der Waals surface area contributed by atoms with Gasteiger partial charge in [-0.15, -0.1) is 0 Å². The van der Waals surface area contributed by atoms with Crippen molar-refractivity contribution in [1.82, 2.24) is 5.32 Å². The molecule has 1 unspecified atom stereocenters. The fraction of sp³-hybridized carbons (Fsp3) is 0.444. The zero-order chi connectivity index (χ0) is 14.9. The van der Waals surface area contributed by atoms with Crippen LogP contribution in [0.1, 0.15) is 52.1 Å². The van der Waals surface area contributed by atoms with Gasteiger partial charge in [0.2, 0.25) is 0 Å². The van der Waals surface area contributed by atoms with E-state index in [2.05, 4.69) is 52.9 Å². The van der Waals surface area contributed by atoms with Crippen molar-refractivity contribution in [1.29, 1.82) is 0 Å². The second-order valence-electron chi connectivity index (χ2n) is 5.54. The molecule has 0 radical (unpaired) electrons. The topological polar surface area (TPSA) is 25.2 Å². The summed E-state index contributed by atoms with van der Waals surface area (Å²) < 4.78 is 5.66. The van der Waals surface area contributed by atoms with Gasteiger partial charge in [0.1, 0.15) is 5.76 Å². The quantitative estimate of drug-likeness (QED) is 0.884. The summed E-state index contributed by atoms with van der Waals surface area (Å²) in [4.78, 5) is 0. The third kappa shape index (κ3) is 2.40. The molecule has 2 aromatic rings. The molecule has 0 saturated heterocycles. The molecule has 1 N–H and O–H groups in total. The molecule has 0 fully saturated rings. The fourth-order valence-electron chi connectivity index (χ4n) is 2.97. The molecular weight excluding hydrogens is 246 g/mol. The molecule has 0 bridgehead atoms. The Bertz CT molecular complexity index is 567. The van der Waals surface area contributed by atoms with E-state index in [1.807, 2.05) is 6.07 Å². The maximum atomic E-state index is 5.66. The minimum atomic E-state index is 0.132. The molecule has 108 valence electrons. The molecule has 1 heterocycles. The van der Waals surface area contributed by atoms with E-state index in [4.69, 9.17) is 4.42 Å². The van der Waals surface area contributed by atoms with Crippen LogP contribution in [0.3, 0.4) is 0 Å². The molecule has 2 rings (SSSR count). The van der Waals surface area contributed by atoms with Gasteiger partial charge in [0.25, 0.3) is 0 Å². The van der Waals surface area contributed by atoms with E-state index in [0.717, 1.165) is 12.3 Å². The zero-order valence-electron chi connectivity index (χ0n) is 13.4. The Morgan fingerprint density at radius 3 is 1.95 bits per heavy atom. The summed E-state index contributed by atoms with van der Waals surface area (Å²) in [6, 6.07) is 4.14. The van der Waals surface area contributed by atoms with Crippen molar-refractivity contribution >= 4 is 0 Å². The Kier molecular flexibility index (Phi) is 4.34. The van der Waals surface area contributed by atoms with Crippen LogP contribution in [0.25, 0.3) is 0 Å². The molecule has 0 spiro atoms. The average Bonchev–Trinajstić information content (AvgIpc) is 2.96. The normalized spacial score (nSPS) is 12.7. The monoisotopic (exact) mass is 271 g/mol. The molecule has 20 heavy (non-hydrogen) atoms. The third-order valence-corrected chi connectivity index (χ3v) is 4.58. The first-order chi connectivity index (χ1) is 9.49. The van der Waals surface area contributed by atoms with E-state index < -0.39 is 0 Å². The van der Waals surface area contributed by atoms with E-state index >= 15 is 0 Å². The highest BCUT2D eigenvalue weighted by atomic mass is 16.3. The maximum absolute atomic E-state index is 5.66. The molecule has 0 aliphatic rings. The van der Waals surface area contributed by atoms with Crippen LogP contribution in [-0.4, -0.2) is 6.54 Å². The first kappa shape index (κ1) is 14.9. The largest absolute Gasteiger partial charge is 0.467 e. The van der Waals surface area contributed by atoms with Gasteiger partial charge in [-0.25, -0.2) is 0 Å². The molecule has 0 aliphatic carbocycles. The van der Waals surface area contributed by atoms with Crippen LogP contribution in [0.4, 0.5) is 0 Å². The van der Waals surface area contributed by atoms with Crippen LogP contribution >= 0.6 is 0 Å². The molecule has 2 heteroatoms. The lowest BCUT2D eigenvalue weighted by Gasteiger charge is -2.25. The summed E-state index contributed by atoms with van der Waals surface area (Å²) in [6.45, 7) is 14.1. The van der Waals surface area contributed by atoms with Crippen molar-refractivity contribution < 1.29 is 4.42 Å². The van der Waals surface area contributed by atoms with Crippen molar-refractivity contribution in [2.75, 3.05) is 6.54 Å². The maximum Gasteiger partial charge on any atom is 0.125 e. The van der Waals surface area contributed by atoms with E-state index in [9.17, 15) is 0 Å². The lowest BCUT2D eigenvalue weighted by Crippen LogP contribution is -2.24. The van der Waals surface area contributed by atoms with E-state index in [1.165, 1.54) is 33.4 Å². The number of hydrogen-bond donors (Lipinski definition) is 1. The van der Waals surface area contributed by atoms with Gasteiger partial charge >= 0.3 is 0 Å². The molecule has 1 atom stereocenters. The minimum absolute atomic E-state index is 0.132. The standard InChI is InChI=1S/C18H25NO/c1-7-19-18(16-9-8-10-20-16)17-14(5)12(3)11(2)13(4)15(17)6/h8-10,18-19H,7H2,1-6H3. The molecule has 0 aliphatic heterocycles. The van der Waals surface area contributed by atoms with E-state index in [1.54, 1.807) is 6.26 Å². The summed E-state index contributed by atoms with van der Waals surface area (Å²) in [6.07, 6.45) is 1.75.